The number of piperidine rings is 1. The summed E-state index contributed by atoms with van der Waals surface area (Å²) in [4.78, 5) is 19.0. The van der Waals surface area contributed by atoms with Crippen LogP contribution in [0.1, 0.15) is 30.9 Å². The van der Waals surface area contributed by atoms with E-state index in [0.29, 0.717) is 32.6 Å². The van der Waals surface area contributed by atoms with Crippen molar-refractivity contribution in [1.82, 2.24) is 18.8 Å². The van der Waals surface area contributed by atoms with E-state index in [4.69, 9.17) is 0 Å². The predicted octanol–water partition coefficient (Wildman–Crippen LogP) is 1.89. The zero-order chi connectivity index (χ0) is 19.7. The van der Waals surface area contributed by atoms with Gasteiger partial charge in [0.05, 0.1) is 12.2 Å². The molecule has 8 heteroatoms. The van der Waals surface area contributed by atoms with Crippen molar-refractivity contribution in [2.75, 3.05) is 19.6 Å². The van der Waals surface area contributed by atoms with Crippen molar-refractivity contribution >= 4 is 15.9 Å². The minimum atomic E-state index is -3.67. The summed E-state index contributed by atoms with van der Waals surface area (Å²) in [5, 5.41) is 0.0642. The van der Waals surface area contributed by atoms with Crippen LogP contribution < -0.4 is 0 Å². The Kier molecular flexibility index (Phi) is 5.25. The summed E-state index contributed by atoms with van der Waals surface area (Å²) in [5.74, 6) is -0.226. The molecule has 1 atom stereocenters. The summed E-state index contributed by atoms with van der Waals surface area (Å²) in [6.45, 7) is 4.58. The monoisotopic (exact) mass is 402 g/mol. The van der Waals surface area contributed by atoms with Crippen molar-refractivity contribution in [3.8, 4) is 0 Å². The molecular weight excluding hydrogens is 376 g/mol. The summed E-state index contributed by atoms with van der Waals surface area (Å²) in [6.07, 6.45) is 5.36. The summed E-state index contributed by atoms with van der Waals surface area (Å²) in [7, 11) is -3.67. The smallest absolute Gasteiger partial charge is 0.262 e. The van der Waals surface area contributed by atoms with E-state index in [9.17, 15) is 13.2 Å². The number of amides is 1. The lowest BCUT2D eigenvalue weighted by Gasteiger charge is -2.36. The Morgan fingerprint density at radius 1 is 1.21 bits per heavy atom. The van der Waals surface area contributed by atoms with Crippen LogP contribution in [0.25, 0.3) is 0 Å². The van der Waals surface area contributed by atoms with Gasteiger partial charge in [-0.1, -0.05) is 24.3 Å². The van der Waals surface area contributed by atoms with Crippen LogP contribution in [0.4, 0.5) is 0 Å². The van der Waals surface area contributed by atoms with Crippen LogP contribution in [0.15, 0.2) is 41.8 Å². The Hall–Kier alpha value is -2.19. The highest BCUT2D eigenvalue weighted by molar-refractivity contribution is 7.89. The maximum Gasteiger partial charge on any atom is 0.262 e. The Bertz CT molecular complexity index is 969. The molecule has 150 valence electrons. The van der Waals surface area contributed by atoms with Crippen LogP contribution in [-0.4, -0.2) is 52.7 Å². The number of hydrogen-bond donors (Lipinski definition) is 0. The Morgan fingerprint density at radius 2 is 2.00 bits per heavy atom. The molecule has 2 aliphatic rings. The third-order valence-corrected chi connectivity index (χ3v) is 7.51. The first-order valence-electron chi connectivity index (χ1n) is 9.86. The maximum atomic E-state index is 13.1. The summed E-state index contributed by atoms with van der Waals surface area (Å²) >= 11 is 0. The molecule has 0 unspecified atom stereocenters. The lowest BCUT2D eigenvalue weighted by atomic mass is 9.95. The van der Waals surface area contributed by atoms with Gasteiger partial charge in [-0.3, -0.25) is 4.79 Å². The van der Waals surface area contributed by atoms with E-state index < -0.39 is 10.0 Å². The van der Waals surface area contributed by atoms with Crippen LogP contribution in [0.2, 0.25) is 0 Å². The van der Waals surface area contributed by atoms with Crippen LogP contribution in [0.3, 0.4) is 0 Å². The molecular formula is C20H26N4O3S. The second-order valence-electron chi connectivity index (χ2n) is 7.52. The van der Waals surface area contributed by atoms with Gasteiger partial charge in [0.1, 0.15) is 0 Å². The fourth-order valence-electron chi connectivity index (χ4n) is 4.08. The van der Waals surface area contributed by atoms with Crippen molar-refractivity contribution in [2.24, 2.45) is 5.92 Å². The number of aryl methyl sites for hydroxylation is 1. The van der Waals surface area contributed by atoms with Crippen LogP contribution in [0, 0.1) is 5.92 Å². The fraction of sp³-hybridized carbons (Fsp3) is 0.500. The van der Waals surface area contributed by atoms with Gasteiger partial charge in [0.2, 0.25) is 5.91 Å². The van der Waals surface area contributed by atoms with E-state index in [2.05, 4.69) is 17.1 Å². The lowest BCUT2D eigenvalue weighted by molar-refractivity contribution is -0.137. The number of carbonyl (C=O) groups is 1. The number of fused-ring (bicyclic) bond motifs is 1. The van der Waals surface area contributed by atoms with Crippen LogP contribution in [-0.2, 0) is 34.3 Å². The Labute approximate surface area is 166 Å². The van der Waals surface area contributed by atoms with Gasteiger partial charge in [0, 0.05) is 38.9 Å². The molecule has 2 aliphatic heterocycles. The minimum absolute atomic E-state index is 0.0634. The summed E-state index contributed by atoms with van der Waals surface area (Å²) in [5.41, 5.74) is 2.48. The number of nitrogens with zero attached hydrogens (tertiary/aromatic N) is 4. The molecule has 7 nitrogen and oxygen atoms in total. The SMILES string of the molecule is CCn1cnc(S(=O)(=O)N2CCC[C@@H](C(=O)N3CCc4ccccc4C3)C2)c1. The van der Waals surface area contributed by atoms with E-state index >= 15 is 0 Å². The van der Waals surface area contributed by atoms with Gasteiger partial charge in [0.15, 0.2) is 5.03 Å². The molecule has 0 radical (unpaired) electrons. The largest absolute Gasteiger partial charge is 0.338 e. The van der Waals surface area contributed by atoms with Crippen LogP contribution in [0.5, 0.6) is 0 Å². The van der Waals surface area contributed by atoms with E-state index in [1.54, 1.807) is 10.8 Å². The number of benzene rings is 1. The van der Waals surface area contributed by atoms with Crippen molar-refractivity contribution in [3.63, 3.8) is 0 Å². The molecule has 1 amide bonds. The maximum absolute atomic E-state index is 13.1. The Morgan fingerprint density at radius 3 is 2.75 bits per heavy atom. The van der Waals surface area contributed by atoms with Gasteiger partial charge < -0.3 is 9.47 Å². The molecule has 0 aliphatic carbocycles. The average Bonchev–Trinajstić information content (AvgIpc) is 3.23. The zero-order valence-electron chi connectivity index (χ0n) is 16.1. The zero-order valence-corrected chi connectivity index (χ0v) is 16.9. The number of hydrogen-bond acceptors (Lipinski definition) is 4. The normalized spacial score (nSPS) is 20.8. The lowest BCUT2D eigenvalue weighted by Crippen LogP contribution is -2.47. The van der Waals surface area contributed by atoms with Gasteiger partial charge in [-0.2, -0.15) is 4.31 Å². The predicted molar refractivity (Wildman–Crippen MR) is 105 cm³/mol. The van der Waals surface area contributed by atoms with Crippen molar-refractivity contribution < 1.29 is 13.2 Å². The standard InChI is InChI=1S/C20H26N4O3S/c1-2-22-14-19(21-15-22)28(26,27)24-10-5-8-18(13-24)20(25)23-11-9-16-6-3-4-7-17(16)12-23/h3-4,6-7,14-15,18H,2,5,8-13H2,1H3/t18-/m1/s1. The minimum Gasteiger partial charge on any atom is -0.338 e. The molecule has 0 spiro atoms. The third kappa shape index (κ3) is 3.58. The highest BCUT2D eigenvalue weighted by Gasteiger charge is 2.36. The number of aromatic nitrogens is 2. The average molecular weight is 403 g/mol. The summed E-state index contributed by atoms with van der Waals surface area (Å²) in [6, 6.07) is 8.20. The number of rotatable bonds is 4. The molecule has 3 heterocycles. The van der Waals surface area contributed by atoms with Gasteiger partial charge in [0.25, 0.3) is 10.0 Å². The van der Waals surface area contributed by atoms with E-state index in [0.717, 1.165) is 12.8 Å². The second-order valence-corrected chi connectivity index (χ2v) is 9.41. The molecule has 1 aromatic heterocycles. The number of sulfonamides is 1. The van der Waals surface area contributed by atoms with Gasteiger partial charge in [-0.15, -0.1) is 0 Å². The van der Waals surface area contributed by atoms with Crippen molar-refractivity contribution in [3.05, 3.63) is 47.9 Å². The molecule has 1 fully saturated rings. The molecule has 4 rings (SSSR count). The molecule has 28 heavy (non-hydrogen) atoms. The molecule has 1 aromatic carbocycles. The van der Waals surface area contributed by atoms with Gasteiger partial charge in [-0.05, 0) is 37.3 Å². The first kappa shape index (κ1) is 19.1. The quantitative estimate of drug-likeness (QED) is 0.783. The van der Waals surface area contributed by atoms with Gasteiger partial charge in [-0.25, -0.2) is 13.4 Å². The molecule has 0 bridgehead atoms. The van der Waals surface area contributed by atoms with E-state index in [1.165, 1.54) is 21.8 Å². The summed E-state index contributed by atoms with van der Waals surface area (Å²) < 4.78 is 29.1. The topological polar surface area (TPSA) is 75.5 Å². The first-order chi connectivity index (χ1) is 13.5. The van der Waals surface area contributed by atoms with Gasteiger partial charge >= 0.3 is 0 Å². The molecule has 0 saturated carbocycles. The highest BCUT2D eigenvalue weighted by atomic mass is 32.2. The fourth-order valence-corrected chi connectivity index (χ4v) is 5.54. The third-order valence-electron chi connectivity index (χ3n) is 5.75. The number of carbonyl (C=O) groups excluding carboxylic acids is 1. The Balaban J connectivity index is 1.47. The van der Waals surface area contributed by atoms with Crippen molar-refractivity contribution in [1.29, 1.82) is 0 Å². The highest BCUT2D eigenvalue weighted by Crippen LogP contribution is 2.27. The number of imidazole rings is 1. The second kappa shape index (κ2) is 7.67. The molecule has 2 aromatic rings. The van der Waals surface area contributed by atoms with E-state index in [1.807, 2.05) is 24.0 Å². The van der Waals surface area contributed by atoms with Crippen LogP contribution >= 0.6 is 0 Å². The van der Waals surface area contributed by atoms with Crippen molar-refractivity contribution in [2.45, 2.75) is 44.3 Å². The first-order valence-corrected chi connectivity index (χ1v) is 11.3. The molecule has 0 N–H and O–H groups in total. The molecule has 1 saturated heterocycles. The van der Waals surface area contributed by atoms with E-state index in [-0.39, 0.29) is 23.4 Å².